The van der Waals surface area contributed by atoms with E-state index >= 15 is 0 Å². The van der Waals surface area contributed by atoms with Gasteiger partial charge in [-0.3, -0.25) is 4.90 Å². The van der Waals surface area contributed by atoms with Gasteiger partial charge in [-0.15, -0.1) is 12.4 Å². The molecule has 0 amide bonds. The Balaban J connectivity index is 0. The summed E-state index contributed by atoms with van der Waals surface area (Å²) in [4.78, 5) is 1.39. The average Bonchev–Trinajstić information content (AvgIpc) is 2.03. The third kappa shape index (κ3) is 5.70. The Morgan fingerprint density at radius 3 is 1.67 bits per heavy atom. The molecule has 0 aromatic rings. The standard InChI is InChI=1S/C6H15NO4.ClH/c8-3-1-7(2-4-9)6(11)5-10;/h6,8-11H,1-5H2;1H. The molecule has 0 spiro atoms. The molecule has 1 atom stereocenters. The average molecular weight is 202 g/mol. The van der Waals surface area contributed by atoms with Gasteiger partial charge >= 0.3 is 0 Å². The van der Waals surface area contributed by atoms with Crippen LogP contribution in [0.2, 0.25) is 0 Å². The largest absolute Gasteiger partial charge is 0.395 e. The Morgan fingerprint density at radius 2 is 1.42 bits per heavy atom. The van der Waals surface area contributed by atoms with E-state index in [0.29, 0.717) is 0 Å². The second-order valence-electron chi connectivity index (χ2n) is 2.15. The SMILES string of the molecule is Cl.OCCN(CCO)C(O)CO. The number of rotatable bonds is 6. The molecule has 0 saturated heterocycles. The number of nitrogens with zero attached hydrogens (tertiary/aromatic N) is 1. The normalized spacial score (nSPS) is 12.8. The molecule has 0 bridgehead atoms. The van der Waals surface area contributed by atoms with Gasteiger partial charge in [-0.05, 0) is 0 Å². The number of aliphatic hydroxyl groups excluding tert-OH is 4. The van der Waals surface area contributed by atoms with Crippen molar-refractivity contribution in [3.05, 3.63) is 0 Å². The summed E-state index contributed by atoms with van der Waals surface area (Å²) >= 11 is 0. The predicted molar refractivity (Wildman–Crippen MR) is 46.1 cm³/mol. The third-order valence-corrected chi connectivity index (χ3v) is 1.36. The molecule has 0 rings (SSSR count). The maximum absolute atomic E-state index is 9.03. The molecular formula is C6H16ClNO4. The summed E-state index contributed by atoms with van der Waals surface area (Å²) in [5, 5.41) is 34.5. The Bertz CT molecular complexity index is 89.6. The fraction of sp³-hybridized carbons (Fsp3) is 1.00. The first-order valence-corrected chi connectivity index (χ1v) is 3.51. The minimum Gasteiger partial charge on any atom is -0.395 e. The van der Waals surface area contributed by atoms with Crippen LogP contribution in [0, 0.1) is 0 Å². The van der Waals surface area contributed by atoms with Crippen LogP contribution < -0.4 is 0 Å². The van der Waals surface area contributed by atoms with Crippen molar-refractivity contribution in [2.45, 2.75) is 6.23 Å². The number of halogens is 1. The summed E-state index contributed by atoms with van der Waals surface area (Å²) in [6.45, 7) is -0.0846. The maximum atomic E-state index is 9.03. The Hall–Kier alpha value is 0.0900. The summed E-state index contributed by atoms with van der Waals surface area (Å²) in [5.74, 6) is 0. The van der Waals surface area contributed by atoms with Crippen LogP contribution in [-0.2, 0) is 0 Å². The molecule has 6 heteroatoms. The fourth-order valence-corrected chi connectivity index (χ4v) is 0.782. The first-order valence-electron chi connectivity index (χ1n) is 3.51. The zero-order valence-corrected chi connectivity index (χ0v) is 7.57. The van der Waals surface area contributed by atoms with E-state index in [-0.39, 0.29) is 45.3 Å². The highest BCUT2D eigenvalue weighted by molar-refractivity contribution is 5.85. The monoisotopic (exact) mass is 201 g/mol. The van der Waals surface area contributed by atoms with Crippen molar-refractivity contribution in [3.63, 3.8) is 0 Å². The van der Waals surface area contributed by atoms with Crippen molar-refractivity contribution in [2.75, 3.05) is 32.9 Å². The lowest BCUT2D eigenvalue weighted by atomic mass is 10.4. The van der Waals surface area contributed by atoms with E-state index in [1.165, 1.54) is 4.90 Å². The molecule has 1 unspecified atom stereocenters. The van der Waals surface area contributed by atoms with Crippen LogP contribution in [0.5, 0.6) is 0 Å². The maximum Gasteiger partial charge on any atom is 0.130 e. The van der Waals surface area contributed by atoms with E-state index in [2.05, 4.69) is 0 Å². The number of hydrogen-bond acceptors (Lipinski definition) is 5. The van der Waals surface area contributed by atoms with Crippen LogP contribution >= 0.6 is 12.4 Å². The van der Waals surface area contributed by atoms with Crippen LogP contribution in [-0.4, -0.2) is 64.5 Å². The van der Waals surface area contributed by atoms with E-state index < -0.39 is 6.23 Å². The lowest BCUT2D eigenvalue weighted by molar-refractivity contribution is -0.0465. The van der Waals surface area contributed by atoms with Crippen molar-refractivity contribution in [3.8, 4) is 0 Å². The van der Waals surface area contributed by atoms with Gasteiger partial charge in [0.15, 0.2) is 0 Å². The fourth-order valence-electron chi connectivity index (χ4n) is 0.782. The van der Waals surface area contributed by atoms with Crippen molar-refractivity contribution in [1.29, 1.82) is 0 Å². The molecule has 0 radical (unpaired) electrons. The minimum absolute atomic E-state index is 0. The molecule has 0 aliphatic rings. The van der Waals surface area contributed by atoms with Gasteiger partial charge in [0, 0.05) is 13.1 Å². The zero-order valence-electron chi connectivity index (χ0n) is 6.76. The van der Waals surface area contributed by atoms with E-state index in [1.54, 1.807) is 0 Å². The second kappa shape index (κ2) is 9.18. The first kappa shape index (κ1) is 14.6. The van der Waals surface area contributed by atoms with Gasteiger partial charge in [0.25, 0.3) is 0 Å². The molecule has 0 saturated carbocycles. The summed E-state index contributed by atoms with van der Waals surface area (Å²) in [6, 6.07) is 0. The Labute approximate surface area is 77.7 Å². The van der Waals surface area contributed by atoms with E-state index in [0.717, 1.165) is 0 Å². The molecule has 12 heavy (non-hydrogen) atoms. The molecule has 0 fully saturated rings. The van der Waals surface area contributed by atoms with E-state index in [9.17, 15) is 0 Å². The number of aliphatic hydroxyl groups is 4. The molecule has 0 aromatic heterocycles. The number of hydrogen-bond donors (Lipinski definition) is 4. The van der Waals surface area contributed by atoms with Gasteiger partial charge in [0.2, 0.25) is 0 Å². The molecule has 0 aliphatic carbocycles. The van der Waals surface area contributed by atoms with Crippen molar-refractivity contribution in [2.24, 2.45) is 0 Å². The van der Waals surface area contributed by atoms with Gasteiger partial charge in [-0.25, -0.2) is 0 Å². The lowest BCUT2D eigenvalue weighted by Gasteiger charge is -2.24. The summed E-state index contributed by atoms with van der Waals surface area (Å²) < 4.78 is 0. The summed E-state index contributed by atoms with van der Waals surface area (Å²) in [6.07, 6.45) is -0.991. The molecule has 0 aromatic carbocycles. The molecular weight excluding hydrogens is 186 g/mol. The van der Waals surface area contributed by atoms with Gasteiger partial charge in [-0.1, -0.05) is 0 Å². The highest BCUT2D eigenvalue weighted by Gasteiger charge is 2.12. The highest BCUT2D eigenvalue weighted by atomic mass is 35.5. The zero-order chi connectivity index (χ0) is 8.69. The first-order chi connectivity index (χ1) is 5.26. The molecule has 4 N–H and O–H groups in total. The second-order valence-corrected chi connectivity index (χ2v) is 2.15. The van der Waals surface area contributed by atoms with E-state index in [1.807, 2.05) is 0 Å². The predicted octanol–water partition coefficient (Wildman–Crippen LogP) is -1.99. The quantitative estimate of drug-likeness (QED) is 0.374. The van der Waals surface area contributed by atoms with Gasteiger partial charge in [0.05, 0.1) is 19.8 Å². The highest BCUT2D eigenvalue weighted by Crippen LogP contribution is 1.93. The molecule has 0 heterocycles. The van der Waals surface area contributed by atoms with Crippen LogP contribution in [0.3, 0.4) is 0 Å². The summed E-state index contributed by atoms with van der Waals surface area (Å²) in [5.41, 5.74) is 0. The minimum atomic E-state index is -0.991. The van der Waals surface area contributed by atoms with Gasteiger partial charge < -0.3 is 20.4 Å². The molecule has 0 aliphatic heterocycles. The third-order valence-electron chi connectivity index (χ3n) is 1.36. The summed E-state index contributed by atoms with van der Waals surface area (Å²) in [7, 11) is 0. The van der Waals surface area contributed by atoms with Crippen molar-refractivity contribution >= 4 is 12.4 Å². The smallest absolute Gasteiger partial charge is 0.130 e. The van der Waals surface area contributed by atoms with Crippen molar-refractivity contribution < 1.29 is 20.4 Å². The lowest BCUT2D eigenvalue weighted by Crippen LogP contribution is -2.41. The van der Waals surface area contributed by atoms with E-state index in [4.69, 9.17) is 20.4 Å². The molecule has 76 valence electrons. The topological polar surface area (TPSA) is 84.2 Å². The Morgan fingerprint density at radius 1 is 1.00 bits per heavy atom. The van der Waals surface area contributed by atoms with Gasteiger partial charge in [0.1, 0.15) is 6.23 Å². The van der Waals surface area contributed by atoms with Crippen LogP contribution in [0.1, 0.15) is 0 Å². The van der Waals surface area contributed by atoms with Gasteiger partial charge in [-0.2, -0.15) is 0 Å². The molecule has 5 nitrogen and oxygen atoms in total. The van der Waals surface area contributed by atoms with Crippen LogP contribution in [0.15, 0.2) is 0 Å². The van der Waals surface area contributed by atoms with Crippen molar-refractivity contribution in [1.82, 2.24) is 4.90 Å². The van der Waals surface area contributed by atoms with Crippen LogP contribution in [0.25, 0.3) is 0 Å². The van der Waals surface area contributed by atoms with Crippen LogP contribution in [0.4, 0.5) is 0 Å². The Kier molecular flexibility index (Phi) is 11.2.